The van der Waals surface area contributed by atoms with Gasteiger partial charge in [-0.05, 0) is 18.4 Å². The minimum Gasteiger partial charge on any atom is -0.268 e. The second-order valence-corrected chi connectivity index (χ2v) is 4.59. The van der Waals surface area contributed by atoms with Gasteiger partial charge in [0.1, 0.15) is 0 Å². The first kappa shape index (κ1) is 12.6. The Labute approximate surface area is 107 Å². The fourth-order valence-electron chi connectivity index (χ4n) is 1.95. The topological polar surface area (TPSA) is 34.9 Å². The first-order valence-electron chi connectivity index (χ1n) is 6.27. The van der Waals surface area contributed by atoms with Gasteiger partial charge in [-0.1, -0.05) is 44.2 Å². The van der Waals surface area contributed by atoms with Crippen LogP contribution in [0.3, 0.4) is 0 Å². The number of nitrogens with zero attached hydrogens (tertiary/aromatic N) is 2. The molecule has 0 saturated heterocycles. The molecule has 1 heterocycles. The summed E-state index contributed by atoms with van der Waals surface area (Å²) in [5, 5.41) is 4.32. The minimum absolute atomic E-state index is 0.00373. The smallest absolute Gasteiger partial charge is 0.268 e. The van der Waals surface area contributed by atoms with E-state index in [0.29, 0.717) is 0 Å². The van der Waals surface area contributed by atoms with E-state index in [-0.39, 0.29) is 11.5 Å². The van der Waals surface area contributed by atoms with E-state index in [1.807, 2.05) is 36.4 Å². The van der Waals surface area contributed by atoms with Crippen LogP contribution in [0.15, 0.2) is 41.2 Å². The Hall–Kier alpha value is -1.90. The van der Waals surface area contributed by atoms with Crippen molar-refractivity contribution in [1.82, 2.24) is 9.78 Å². The fourth-order valence-corrected chi connectivity index (χ4v) is 1.95. The molecule has 0 fully saturated rings. The maximum absolute atomic E-state index is 12.1. The summed E-state index contributed by atoms with van der Waals surface area (Å²) in [6.07, 6.45) is 0.952. The second-order valence-electron chi connectivity index (χ2n) is 4.59. The molecule has 2 aromatic rings. The number of hydrogen-bond acceptors (Lipinski definition) is 2. The van der Waals surface area contributed by atoms with E-state index in [9.17, 15) is 4.79 Å². The third kappa shape index (κ3) is 2.35. The van der Waals surface area contributed by atoms with Crippen LogP contribution in [0.25, 0.3) is 11.3 Å². The SMILES string of the molecule is CCC(C)c1cc(-c2ccccc2)nn(C)c1=O. The van der Waals surface area contributed by atoms with Gasteiger partial charge in [0.2, 0.25) is 0 Å². The number of hydrogen-bond donors (Lipinski definition) is 0. The van der Waals surface area contributed by atoms with Crippen molar-refractivity contribution in [3.8, 4) is 11.3 Å². The highest BCUT2D eigenvalue weighted by Crippen LogP contribution is 2.20. The molecule has 3 nitrogen and oxygen atoms in total. The lowest BCUT2D eigenvalue weighted by Crippen LogP contribution is -2.25. The molecular formula is C15H18N2O. The van der Waals surface area contributed by atoms with Crippen molar-refractivity contribution in [2.24, 2.45) is 7.05 Å². The summed E-state index contributed by atoms with van der Waals surface area (Å²) in [6, 6.07) is 11.9. The van der Waals surface area contributed by atoms with Gasteiger partial charge in [0, 0.05) is 18.2 Å². The third-order valence-corrected chi connectivity index (χ3v) is 3.30. The highest BCUT2D eigenvalue weighted by Gasteiger charge is 2.12. The number of benzene rings is 1. The van der Waals surface area contributed by atoms with E-state index < -0.39 is 0 Å². The van der Waals surface area contributed by atoms with Crippen molar-refractivity contribution < 1.29 is 0 Å². The highest BCUT2D eigenvalue weighted by molar-refractivity contribution is 5.59. The molecule has 0 amide bonds. The van der Waals surface area contributed by atoms with Gasteiger partial charge in [0.25, 0.3) is 5.56 Å². The fraction of sp³-hybridized carbons (Fsp3) is 0.333. The van der Waals surface area contributed by atoms with Crippen molar-refractivity contribution >= 4 is 0 Å². The Balaban J connectivity index is 2.58. The van der Waals surface area contributed by atoms with Crippen LogP contribution in [0.2, 0.25) is 0 Å². The average Bonchev–Trinajstić information content (AvgIpc) is 2.41. The van der Waals surface area contributed by atoms with E-state index >= 15 is 0 Å². The molecule has 1 aromatic carbocycles. The standard InChI is InChI=1S/C15H18N2O/c1-4-11(2)13-10-14(16-17(3)15(13)18)12-8-6-5-7-9-12/h5-11H,4H2,1-3H3. The monoisotopic (exact) mass is 242 g/mol. The predicted molar refractivity (Wildman–Crippen MR) is 73.6 cm³/mol. The zero-order chi connectivity index (χ0) is 13.1. The summed E-state index contributed by atoms with van der Waals surface area (Å²) in [5.41, 5.74) is 2.74. The van der Waals surface area contributed by atoms with Crippen LogP contribution >= 0.6 is 0 Å². The number of rotatable bonds is 3. The predicted octanol–water partition coefficient (Wildman–Crippen LogP) is 2.96. The Morgan fingerprint density at radius 2 is 1.94 bits per heavy atom. The molecule has 0 aliphatic carbocycles. The van der Waals surface area contributed by atoms with Crippen LogP contribution in [-0.2, 0) is 7.05 Å². The van der Waals surface area contributed by atoms with Crippen molar-refractivity contribution in [3.05, 3.63) is 52.3 Å². The van der Waals surface area contributed by atoms with Crippen LogP contribution < -0.4 is 5.56 Å². The van der Waals surface area contributed by atoms with Gasteiger partial charge in [0.15, 0.2) is 0 Å². The summed E-state index contributed by atoms with van der Waals surface area (Å²) in [7, 11) is 1.71. The summed E-state index contributed by atoms with van der Waals surface area (Å²) in [5.74, 6) is 0.258. The molecule has 0 N–H and O–H groups in total. The van der Waals surface area contributed by atoms with Gasteiger partial charge in [-0.15, -0.1) is 0 Å². The van der Waals surface area contributed by atoms with Crippen molar-refractivity contribution in [2.75, 3.05) is 0 Å². The molecule has 0 spiro atoms. The summed E-state index contributed by atoms with van der Waals surface area (Å²) in [4.78, 5) is 12.1. The molecular weight excluding hydrogens is 224 g/mol. The van der Waals surface area contributed by atoms with E-state index in [1.54, 1.807) is 7.05 Å². The zero-order valence-corrected chi connectivity index (χ0v) is 11.1. The molecule has 94 valence electrons. The first-order valence-corrected chi connectivity index (χ1v) is 6.27. The van der Waals surface area contributed by atoms with E-state index in [2.05, 4.69) is 18.9 Å². The molecule has 2 rings (SSSR count). The van der Waals surface area contributed by atoms with Crippen LogP contribution in [0, 0.1) is 0 Å². The van der Waals surface area contributed by atoms with Gasteiger partial charge >= 0.3 is 0 Å². The maximum atomic E-state index is 12.1. The Bertz CT molecular complexity index is 587. The zero-order valence-electron chi connectivity index (χ0n) is 11.1. The van der Waals surface area contributed by atoms with Crippen LogP contribution in [-0.4, -0.2) is 9.78 Å². The van der Waals surface area contributed by atoms with Crippen molar-refractivity contribution in [1.29, 1.82) is 0 Å². The Morgan fingerprint density at radius 3 is 2.56 bits per heavy atom. The van der Waals surface area contributed by atoms with Gasteiger partial charge < -0.3 is 0 Å². The van der Waals surface area contributed by atoms with Gasteiger partial charge in [-0.3, -0.25) is 4.79 Å². The van der Waals surface area contributed by atoms with Crippen molar-refractivity contribution in [2.45, 2.75) is 26.2 Å². The number of aromatic nitrogens is 2. The molecule has 1 aromatic heterocycles. The summed E-state index contributed by atoms with van der Waals surface area (Å²) in [6.45, 7) is 4.16. The average molecular weight is 242 g/mol. The largest absolute Gasteiger partial charge is 0.269 e. The van der Waals surface area contributed by atoms with E-state index in [1.165, 1.54) is 4.68 Å². The molecule has 3 heteroatoms. The molecule has 0 saturated carbocycles. The van der Waals surface area contributed by atoms with Gasteiger partial charge in [0.05, 0.1) is 5.69 Å². The molecule has 1 atom stereocenters. The van der Waals surface area contributed by atoms with Crippen LogP contribution in [0.4, 0.5) is 0 Å². The highest BCUT2D eigenvalue weighted by atomic mass is 16.1. The molecule has 18 heavy (non-hydrogen) atoms. The summed E-state index contributed by atoms with van der Waals surface area (Å²) >= 11 is 0. The Kier molecular flexibility index (Phi) is 3.60. The Morgan fingerprint density at radius 1 is 1.28 bits per heavy atom. The molecule has 0 aliphatic rings. The number of aryl methyl sites for hydroxylation is 1. The lowest BCUT2D eigenvalue weighted by molar-refractivity contribution is 0.655. The quantitative estimate of drug-likeness (QED) is 0.829. The molecule has 0 aliphatic heterocycles. The maximum Gasteiger partial charge on any atom is 0.269 e. The first-order chi connectivity index (χ1) is 8.63. The lowest BCUT2D eigenvalue weighted by Gasteiger charge is -2.11. The normalized spacial score (nSPS) is 12.4. The van der Waals surface area contributed by atoms with Crippen LogP contribution in [0.1, 0.15) is 31.7 Å². The van der Waals surface area contributed by atoms with E-state index in [0.717, 1.165) is 23.2 Å². The van der Waals surface area contributed by atoms with E-state index in [4.69, 9.17) is 0 Å². The third-order valence-electron chi connectivity index (χ3n) is 3.30. The van der Waals surface area contributed by atoms with Gasteiger partial charge in [-0.2, -0.15) is 5.10 Å². The van der Waals surface area contributed by atoms with Crippen LogP contribution in [0.5, 0.6) is 0 Å². The second kappa shape index (κ2) is 5.17. The summed E-state index contributed by atoms with van der Waals surface area (Å²) < 4.78 is 1.43. The molecule has 0 bridgehead atoms. The molecule has 0 radical (unpaired) electrons. The lowest BCUT2D eigenvalue weighted by atomic mass is 9.99. The minimum atomic E-state index is 0.00373. The van der Waals surface area contributed by atoms with Crippen molar-refractivity contribution in [3.63, 3.8) is 0 Å². The molecule has 1 unspecified atom stereocenters. The van der Waals surface area contributed by atoms with Gasteiger partial charge in [-0.25, -0.2) is 4.68 Å².